The van der Waals surface area contributed by atoms with Gasteiger partial charge in [0.2, 0.25) is 0 Å². The number of nitrogens with one attached hydrogen (secondary N) is 1. The first kappa shape index (κ1) is 14.9. The summed E-state index contributed by atoms with van der Waals surface area (Å²) in [5.74, 6) is 1.62. The Labute approximate surface area is 111 Å². The van der Waals surface area contributed by atoms with E-state index in [1.54, 1.807) is 0 Å². The van der Waals surface area contributed by atoms with Crippen LogP contribution in [0.25, 0.3) is 0 Å². The normalized spacial score (nSPS) is 18.2. The molecule has 3 heteroatoms. The number of thioether (sulfide) groups is 1. The zero-order valence-corrected chi connectivity index (χ0v) is 12.2. The molecule has 0 bridgehead atoms. The fourth-order valence-electron chi connectivity index (χ4n) is 2.29. The Kier molecular flexibility index (Phi) is 6.39. The second-order valence-corrected chi connectivity index (χ2v) is 7.29. The Morgan fingerprint density at radius 2 is 1.88 bits per heavy atom. The van der Waals surface area contributed by atoms with E-state index in [9.17, 15) is 0 Å². The van der Waals surface area contributed by atoms with Crippen molar-refractivity contribution in [2.45, 2.75) is 70.5 Å². The summed E-state index contributed by atoms with van der Waals surface area (Å²) in [4.78, 5) is 0. The van der Waals surface area contributed by atoms with E-state index in [-0.39, 0.29) is 5.41 Å². The van der Waals surface area contributed by atoms with Gasteiger partial charge >= 0.3 is 0 Å². The van der Waals surface area contributed by atoms with Gasteiger partial charge in [0.15, 0.2) is 0 Å². The topological polar surface area (TPSA) is 49.9 Å². The average Bonchev–Trinajstić information content (AvgIpc) is 2.29. The van der Waals surface area contributed by atoms with Crippen molar-refractivity contribution in [2.24, 2.45) is 11.1 Å². The van der Waals surface area contributed by atoms with Gasteiger partial charge in [-0.05, 0) is 31.4 Å². The standard InChI is InChI=1S/C14H28N2S/c1-14(2,13(15)16)10-6-7-11-17-12-8-4-3-5-9-12/h12H,3-11H2,1-2H3,(H3,15,16). The van der Waals surface area contributed by atoms with E-state index in [1.165, 1.54) is 50.7 Å². The third kappa shape index (κ3) is 5.80. The molecule has 0 saturated heterocycles. The van der Waals surface area contributed by atoms with Crippen LogP contribution >= 0.6 is 11.8 Å². The Balaban J connectivity index is 2.02. The molecule has 0 radical (unpaired) electrons. The van der Waals surface area contributed by atoms with Crippen LogP contribution in [0.3, 0.4) is 0 Å². The lowest BCUT2D eigenvalue weighted by molar-refractivity contribution is 0.448. The molecule has 0 unspecified atom stereocenters. The van der Waals surface area contributed by atoms with Gasteiger partial charge in [-0.1, -0.05) is 39.5 Å². The van der Waals surface area contributed by atoms with Crippen molar-refractivity contribution >= 4 is 17.6 Å². The van der Waals surface area contributed by atoms with Crippen molar-refractivity contribution in [2.75, 3.05) is 5.75 Å². The van der Waals surface area contributed by atoms with E-state index in [4.69, 9.17) is 11.1 Å². The van der Waals surface area contributed by atoms with Crippen LogP contribution < -0.4 is 5.73 Å². The summed E-state index contributed by atoms with van der Waals surface area (Å²) in [6.07, 6.45) is 10.7. The minimum absolute atomic E-state index is 0.102. The van der Waals surface area contributed by atoms with Gasteiger partial charge in [-0.3, -0.25) is 5.41 Å². The summed E-state index contributed by atoms with van der Waals surface area (Å²) in [5, 5.41) is 8.45. The molecule has 1 aliphatic carbocycles. The first-order valence-electron chi connectivity index (χ1n) is 6.98. The molecule has 1 saturated carbocycles. The maximum absolute atomic E-state index is 7.51. The SMILES string of the molecule is CC(C)(CCCCSC1CCCCC1)C(=N)N. The zero-order chi connectivity index (χ0) is 12.7. The smallest absolute Gasteiger partial charge is 0.0963 e. The van der Waals surface area contributed by atoms with Crippen molar-refractivity contribution in [1.29, 1.82) is 5.41 Å². The highest BCUT2D eigenvalue weighted by molar-refractivity contribution is 7.99. The molecule has 1 fully saturated rings. The van der Waals surface area contributed by atoms with Crippen LogP contribution in [-0.4, -0.2) is 16.8 Å². The summed E-state index contributed by atoms with van der Waals surface area (Å²) in [6.45, 7) is 4.15. The maximum atomic E-state index is 7.51. The predicted octanol–water partition coefficient (Wildman–Crippen LogP) is 4.18. The molecule has 0 amide bonds. The van der Waals surface area contributed by atoms with Crippen LogP contribution in [0.4, 0.5) is 0 Å². The van der Waals surface area contributed by atoms with Gasteiger partial charge in [0, 0.05) is 10.7 Å². The monoisotopic (exact) mass is 256 g/mol. The van der Waals surface area contributed by atoms with Crippen LogP contribution in [0.15, 0.2) is 0 Å². The van der Waals surface area contributed by atoms with Crippen molar-refractivity contribution in [3.63, 3.8) is 0 Å². The fourth-order valence-corrected chi connectivity index (χ4v) is 3.66. The Morgan fingerprint density at radius 1 is 1.24 bits per heavy atom. The summed E-state index contributed by atoms with van der Waals surface area (Å²) in [5.41, 5.74) is 5.48. The van der Waals surface area contributed by atoms with Gasteiger partial charge < -0.3 is 5.73 Å². The molecule has 0 atom stereocenters. The summed E-state index contributed by atoms with van der Waals surface area (Å²) < 4.78 is 0. The van der Waals surface area contributed by atoms with Gasteiger partial charge in [0.1, 0.15) is 0 Å². The highest BCUT2D eigenvalue weighted by Crippen LogP contribution is 2.29. The average molecular weight is 256 g/mol. The molecule has 1 rings (SSSR count). The molecule has 0 heterocycles. The van der Waals surface area contributed by atoms with Gasteiger partial charge in [-0.2, -0.15) is 11.8 Å². The quantitative estimate of drug-likeness (QED) is 0.408. The van der Waals surface area contributed by atoms with E-state index in [0.717, 1.165) is 11.7 Å². The second-order valence-electron chi connectivity index (χ2n) is 5.89. The van der Waals surface area contributed by atoms with Crippen LogP contribution in [0.2, 0.25) is 0 Å². The lowest BCUT2D eigenvalue weighted by Crippen LogP contribution is -2.30. The highest BCUT2D eigenvalue weighted by Gasteiger charge is 2.20. The minimum Gasteiger partial charge on any atom is -0.387 e. The Bertz CT molecular complexity index is 232. The first-order chi connectivity index (χ1) is 8.02. The van der Waals surface area contributed by atoms with E-state index >= 15 is 0 Å². The molecular weight excluding hydrogens is 228 g/mol. The maximum Gasteiger partial charge on any atom is 0.0963 e. The van der Waals surface area contributed by atoms with Crippen LogP contribution in [-0.2, 0) is 0 Å². The third-order valence-electron chi connectivity index (χ3n) is 3.83. The molecular formula is C14H28N2S. The van der Waals surface area contributed by atoms with Gasteiger partial charge in [0.25, 0.3) is 0 Å². The Morgan fingerprint density at radius 3 is 2.47 bits per heavy atom. The van der Waals surface area contributed by atoms with Crippen molar-refractivity contribution in [3.05, 3.63) is 0 Å². The number of hydrogen-bond donors (Lipinski definition) is 2. The summed E-state index contributed by atoms with van der Waals surface area (Å²) in [6, 6.07) is 0. The molecule has 3 N–H and O–H groups in total. The van der Waals surface area contributed by atoms with E-state index in [0.29, 0.717) is 5.84 Å². The fraction of sp³-hybridized carbons (Fsp3) is 0.929. The van der Waals surface area contributed by atoms with Crippen LogP contribution in [0, 0.1) is 10.8 Å². The van der Waals surface area contributed by atoms with Crippen LogP contribution in [0.1, 0.15) is 65.2 Å². The molecule has 0 aliphatic heterocycles. The predicted molar refractivity (Wildman–Crippen MR) is 78.9 cm³/mol. The largest absolute Gasteiger partial charge is 0.387 e. The Hall–Kier alpha value is -0.180. The molecule has 1 aliphatic rings. The lowest BCUT2D eigenvalue weighted by atomic mass is 9.86. The number of nitrogens with two attached hydrogens (primary N) is 1. The number of amidine groups is 1. The molecule has 100 valence electrons. The van der Waals surface area contributed by atoms with E-state index in [1.807, 2.05) is 0 Å². The van der Waals surface area contributed by atoms with Gasteiger partial charge in [-0.15, -0.1) is 0 Å². The molecule has 17 heavy (non-hydrogen) atoms. The summed E-state index contributed by atoms with van der Waals surface area (Å²) >= 11 is 2.17. The van der Waals surface area contributed by atoms with Crippen molar-refractivity contribution in [3.8, 4) is 0 Å². The second kappa shape index (κ2) is 7.30. The lowest BCUT2D eigenvalue weighted by Gasteiger charge is -2.23. The van der Waals surface area contributed by atoms with Crippen molar-refractivity contribution in [1.82, 2.24) is 0 Å². The van der Waals surface area contributed by atoms with Gasteiger partial charge in [0.05, 0.1) is 5.84 Å². The molecule has 2 nitrogen and oxygen atoms in total. The number of rotatable bonds is 7. The number of hydrogen-bond acceptors (Lipinski definition) is 2. The molecule has 0 aromatic carbocycles. The highest BCUT2D eigenvalue weighted by atomic mass is 32.2. The first-order valence-corrected chi connectivity index (χ1v) is 8.03. The van der Waals surface area contributed by atoms with Crippen molar-refractivity contribution < 1.29 is 0 Å². The molecule has 0 spiro atoms. The van der Waals surface area contributed by atoms with E-state index < -0.39 is 0 Å². The van der Waals surface area contributed by atoms with Gasteiger partial charge in [-0.25, -0.2) is 0 Å². The number of unbranched alkanes of at least 4 members (excludes halogenated alkanes) is 1. The minimum atomic E-state index is -0.102. The van der Waals surface area contributed by atoms with E-state index in [2.05, 4.69) is 25.6 Å². The summed E-state index contributed by atoms with van der Waals surface area (Å²) in [7, 11) is 0. The molecule has 0 aromatic rings. The molecule has 0 aromatic heterocycles. The van der Waals surface area contributed by atoms with Crippen LogP contribution in [0.5, 0.6) is 0 Å². The third-order valence-corrected chi connectivity index (χ3v) is 5.30. The zero-order valence-electron chi connectivity index (χ0n) is 11.4.